The van der Waals surface area contributed by atoms with Gasteiger partial charge in [0.2, 0.25) is 0 Å². The van der Waals surface area contributed by atoms with E-state index >= 15 is 0 Å². The summed E-state index contributed by atoms with van der Waals surface area (Å²) < 4.78 is 0. The van der Waals surface area contributed by atoms with Crippen LogP contribution in [0.4, 0.5) is 0 Å². The van der Waals surface area contributed by atoms with Crippen molar-refractivity contribution in [2.75, 3.05) is 13.1 Å². The van der Waals surface area contributed by atoms with Crippen LogP contribution in [0.15, 0.2) is 53.5 Å². The van der Waals surface area contributed by atoms with E-state index in [-0.39, 0.29) is 5.75 Å². The summed E-state index contributed by atoms with van der Waals surface area (Å²) in [5.74, 6) is 0.538. The Labute approximate surface area is 118 Å². The first-order chi connectivity index (χ1) is 9.77. The predicted molar refractivity (Wildman–Crippen MR) is 80.4 cm³/mol. The molecule has 0 unspecified atom stereocenters. The maximum atomic E-state index is 9.60. The minimum Gasteiger partial charge on any atom is -0.508 e. The number of rotatable bonds is 6. The number of phenols is 2. The minimum atomic E-state index is 0.235. The van der Waals surface area contributed by atoms with Gasteiger partial charge < -0.3 is 15.5 Å². The van der Waals surface area contributed by atoms with E-state index in [2.05, 4.69) is 10.3 Å². The zero-order valence-corrected chi connectivity index (χ0v) is 11.2. The molecule has 2 rings (SSSR count). The maximum Gasteiger partial charge on any atom is 0.124 e. The molecule has 0 aliphatic heterocycles. The third-order valence-electron chi connectivity index (χ3n) is 2.89. The summed E-state index contributed by atoms with van der Waals surface area (Å²) in [6.45, 7) is 1.93. The Morgan fingerprint density at radius 1 is 0.950 bits per heavy atom. The summed E-state index contributed by atoms with van der Waals surface area (Å²) in [5.41, 5.74) is 1.59. The second-order valence-corrected chi connectivity index (χ2v) is 4.40. The van der Waals surface area contributed by atoms with Gasteiger partial charge in [-0.2, -0.15) is 0 Å². The molecule has 0 spiro atoms. The molecule has 0 aliphatic carbocycles. The molecule has 0 aromatic heterocycles. The van der Waals surface area contributed by atoms with Gasteiger partial charge in [-0.1, -0.05) is 30.3 Å². The standard InChI is InChI=1S/C16H18N2O2/c19-15-7-3-1-5-13(15)11-17-9-10-18-12-14-6-2-4-8-16(14)20/h1-8,11,18-20H,9-10,12H2/b17-11+. The van der Waals surface area contributed by atoms with Crippen LogP contribution in [0.2, 0.25) is 0 Å². The van der Waals surface area contributed by atoms with E-state index in [1.807, 2.05) is 24.3 Å². The highest BCUT2D eigenvalue weighted by atomic mass is 16.3. The van der Waals surface area contributed by atoms with Crippen LogP contribution in [0.25, 0.3) is 0 Å². The number of benzene rings is 2. The zero-order valence-electron chi connectivity index (χ0n) is 11.2. The van der Waals surface area contributed by atoms with Gasteiger partial charge in [0.1, 0.15) is 11.5 Å². The maximum absolute atomic E-state index is 9.60. The molecule has 104 valence electrons. The Kier molecular flexibility index (Phi) is 5.15. The molecule has 0 amide bonds. The lowest BCUT2D eigenvalue weighted by molar-refractivity contribution is 0.464. The van der Waals surface area contributed by atoms with Crippen LogP contribution in [0.5, 0.6) is 11.5 Å². The average molecular weight is 270 g/mol. The van der Waals surface area contributed by atoms with Gasteiger partial charge in [0.25, 0.3) is 0 Å². The third kappa shape index (κ3) is 4.10. The normalized spacial score (nSPS) is 11.0. The molecule has 2 aromatic carbocycles. The van der Waals surface area contributed by atoms with Gasteiger partial charge in [0.05, 0.1) is 6.54 Å². The highest BCUT2D eigenvalue weighted by molar-refractivity contribution is 5.83. The molecule has 20 heavy (non-hydrogen) atoms. The molecular weight excluding hydrogens is 252 g/mol. The highest BCUT2D eigenvalue weighted by Gasteiger charge is 1.98. The number of hydrogen-bond donors (Lipinski definition) is 3. The lowest BCUT2D eigenvalue weighted by Gasteiger charge is -2.05. The van der Waals surface area contributed by atoms with Gasteiger partial charge in [-0.25, -0.2) is 0 Å². The summed E-state index contributed by atoms with van der Waals surface area (Å²) in [4.78, 5) is 4.25. The summed E-state index contributed by atoms with van der Waals surface area (Å²) in [6, 6.07) is 14.3. The molecule has 3 N–H and O–H groups in total. The second kappa shape index (κ2) is 7.31. The molecule has 0 saturated heterocycles. The SMILES string of the molecule is Oc1ccccc1/C=N/CCNCc1ccccc1O. The molecule has 0 fully saturated rings. The van der Waals surface area contributed by atoms with E-state index < -0.39 is 0 Å². The van der Waals surface area contributed by atoms with Gasteiger partial charge in [-0.05, 0) is 18.2 Å². The Balaban J connectivity index is 1.72. The van der Waals surface area contributed by atoms with Crippen molar-refractivity contribution >= 4 is 6.21 Å². The van der Waals surface area contributed by atoms with Gasteiger partial charge in [0.15, 0.2) is 0 Å². The lowest BCUT2D eigenvalue weighted by Crippen LogP contribution is -2.17. The van der Waals surface area contributed by atoms with Crippen molar-refractivity contribution in [3.05, 3.63) is 59.7 Å². The van der Waals surface area contributed by atoms with Gasteiger partial charge in [-0.3, -0.25) is 4.99 Å². The molecule has 0 bridgehead atoms. The van der Waals surface area contributed by atoms with Crippen molar-refractivity contribution in [1.29, 1.82) is 0 Å². The summed E-state index contributed by atoms with van der Waals surface area (Å²) in [5, 5.41) is 22.4. The van der Waals surface area contributed by atoms with Crippen LogP contribution < -0.4 is 5.32 Å². The van der Waals surface area contributed by atoms with Crippen LogP contribution in [-0.2, 0) is 6.54 Å². The van der Waals surface area contributed by atoms with E-state index in [9.17, 15) is 10.2 Å². The first-order valence-corrected chi connectivity index (χ1v) is 6.53. The summed E-state index contributed by atoms with van der Waals surface area (Å²) >= 11 is 0. The number of aliphatic imine (C=N–C) groups is 1. The predicted octanol–water partition coefficient (Wildman–Crippen LogP) is 2.31. The summed E-state index contributed by atoms with van der Waals surface area (Å²) in [6.07, 6.45) is 1.66. The molecule has 4 nitrogen and oxygen atoms in total. The first kappa shape index (κ1) is 14.1. The molecular formula is C16H18N2O2. The largest absolute Gasteiger partial charge is 0.508 e. The van der Waals surface area contributed by atoms with Crippen molar-refractivity contribution in [2.45, 2.75) is 6.54 Å². The van der Waals surface area contributed by atoms with Gasteiger partial charge in [0, 0.05) is 30.4 Å². The Morgan fingerprint density at radius 2 is 1.65 bits per heavy atom. The van der Waals surface area contributed by atoms with Crippen molar-refractivity contribution in [2.24, 2.45) is 4.99 Å². The lowest BCUT2D eigenvalue weighted by atomic mass is 10.2. The van der Waals surface area contributed by atoms with Crippen LogP contribution in [-0.4, -0.2) is 29.5 Å². The average Bonchev–Trinajstić information content (AvgIpc) is 2.46. The van der Waals surface area contributed by atoms with Gasteiger partial charge >= 0.3 is 0 Å². The van der Waals surface area contributed by atoms with Crippen molar-refractivity contribution in [3.63, 3.8) is 0 Å². The van der Waals surface area contributed by atoms with Crippen molar-refractivity contribution < 1.29 is 10.2 Å². The van der Waals surface area contributed by atoms with Crippen LogP contribution in [0, 0.1) is 0 Å². The minimum absolute atomic E-state index is 0.235. The number of hydrogen-bond acceptors (Lipinski definition) is 4. The monoisotopic (exact) mass is 270 g/mol. The van der Waals surface area contributed by atoms with E-state index in [0.29, 0.717) is 30.9 Å². The fourth-order valence-corrected chi connectivity index (χ4v) is 1.79. The fourth-order valence-electron chi connectivity index (χ4n) is 1.79. The van der Waals surface area contributed by atoms with E-state index in [1.54, 1.807) is 30.5 Å². The molecule has 0 heterocycles. The molecule has 0 saturated carbocycles. The zero-order chi connectivity index (χ0) is 14.2. The molecule has 0 atom stereocenters. The van der Waals surface area contributed by atoms with Crippen LogP contribution >= 0.6 is 0 Å². The topological polar surface area (TPSA) is 64.9 Å². The number of aromatic hydroxyl groups is 2. The molecule has 0 radical (unpaired) electrons. The quantitative estimate of drug-likeness (QED) is 0.557. The fraction of sp³-hybridized carbons (Fsp3) is 0.188. The first-order valence-electron chi connectivity index (χ1n) is 6.53. The highest BCUT2D eigenvalue weighted by Crippen LogP contribution is 2.14. The number of phenolic OH excluding ortho intramolecular Hbond substituents is 2. The smallest absolute Gasteiger partial charge is 0.124 e. The number of para-hydroxylation sites is 2. The molecule has 2 aromatic rings. The third-order valence-corrected chi connectivity index (χ3v) is 2.89. The Morgan fingerprint density at radius 3 is 2.40 bits per heavy atom. The van der Waals surface area contributed by atoms with Crippen LogP contribution in [0.3, 0.4) is 0 Å². The van der Waals surface area contributed by atoms with E-state index in [0.717, 1.165) is 5.56 Å². The molecule has 0 aliphatic rings. The van der Waals surface area contributed by atoms with E-state index in [1.165, 1.54) is 0 Å². The second-order valence-electron chi connectivity index (χ2n) is 4.40. The Bertz CT molecular complexity index is 582. The van der Waals surface area contributed by atoms with Gasteiger partial charge in [-0.15, -0.1) is 0 Å². The number of nitrogens with zero attached hydrogens (tertiary/aromatic N) is 1. The Hall–Kier alpha value is -2.33. The van der Waals surface area contributed by atoms with E-state index in [4.69, 9.17) is 0 Å². The van der Waals surface area contributed by atoms with Crippen LogP contribution in [0.1, 0.15) is 11.1 Å². The number of nitrogens with one attached hydrogen (secondary N) is 1. The summed E-state index contributed by atoms with van der Waals surface area (Å²) in [7, 11) is 0. The van der Waals surface area contributed by atoms with Crippen molar-refractivity contribution in [1.82, 2.24) is 5.32 Å². The van der Waals surface area contributed by atoms with Crippen molar-refractivity contribution in [3.8, 4) is 11.5 Å². The molecule has 4 heteroatoms.